The molecule has 0 bridgehead atoms. The van der Waals surface area contributed by atoms with Crippen LogP contribution in [0.5, 0.6) is 0 Å². The monoisotopic (exact) mass is 305 g/mol. The molecule has 22 heavy (non-hydrogen) atoms. The number of rotatable bonds is 3. The third kappa shape index (κ3) is 2.49. The Bertz CT molecular complexity index is 597. The van der Waals surface area contributed by atoms with Crippen LogP contribution in [-0.4, -0.2) is 35.0 Å². The Morgan fingerprint density at radius 3 is 2.64 bits per heavy atom. The van der Waals surface area contributed by atoms with Crippen LogP contribution in [0.1, 0.15) is 37.7 Å². The number of carbonyl (C=O) groups excluding carboxylic acids is 1. The highest BCUT2D eigenvalue weighted by atomic mass is 19.1. The Morgan fingerprint density at radius 2 is 2.05 bits per heavy atom. The molecule has 1 N–H and O–H groups in total. The maximum absolute atomic E-state index is 13.5. The molecule has 0 aromatic heterocycles. The number of hydrogen-bond donors (Lipinski definition) is 1. The number of nitrogens with zero attached hydrogens (tertiary/aromatic N) is 1. The Balaban J connectivity index is 1.84. The predicted octanol–water partition coefficient (Wildman–Crippen LogP) is 2.57. The lowest BCUT2D eigenvalue weighted by atomic mass is 9.63. The van der Waals surface area contributed by atoms with E-state index in [4.69, 9.17) is 0 Å². The van der Waals surface area contributed by atoms with Crippen LogP contribution in [0, 0.1) is 11.7 Å². The van der Waals surface area contributed by atoms with E-state index in [1.165, 1.54) is 12.1 Å². The summed E-state index contributed by atoms with van der Waals surface area (Å²) in [5.74, 6) is -1.69. The van der Waals surface area contributed by atoms with Crippen molar-refractivity contribution in [3.05, 3.63) is 35.6 Å². The van der Waals surface area contributed by atoms with Gasteiger partial charge in [-0.15, -0.1) is 0 Å². The van der Waals surface area contributed by atoms with Crippen molar-refractivity contribution in [1.29, 1.82) is 0 Å². The number of likely N-dealkylation sites (tertiary alicyclic amines) is 1. The van der Waals surface area contributed by atoms with Gasteiger partial charge in [-0.1, -0.05) is 18.6 Å². The summed E-state index contributed by atoms with van der Waals surface area (Å²) >= 11 is 0. The minimum atomic E-state index is -0.842. The minimum Gasteiger partial charge on any atom is -0.481 e. The summed E-state index contributed by atoms with van der Waals surface area (Å²) in [6, 6.07) is 6.25. The second kappa shape index (κ2) is 5.71. The van der Waals surface area contributed by atoms with E-state index < -0.39 is 17.3 Å². The van der Waals surface area contributed by atoms with Gasteiger partial charge >= 0.3 is 5.97 Å². The molecule has 4 nitrogen and oxygen atoms in total. The van der Waals surface area contributed by atoms with Crippen LogP contribution in [0.2, 0.25) is 0 Å². The van der Waals surface area contributed by atoms with Crippen LogP contribution in [0.15, 0.2) is 24.3 Å². The van der Waals surface area contributed by atoms with Crippen molar-refractivity contribution < 1.29 is 19.1 Å². The van der Waals surface area contributed by atoms with Gasteiger partial charge in [-0.2, -0.15) is 0 Å². The molecule has 3 rings (SSSR count). The lowest BCUT2D eigenvalue weighted by molar-refractivity contribution is -0.149. The van der Waals surface area contributed by atoms with Crippen molar-refractivity contribution in [2.45, 2.75) is 37.5 Å². The Morgan fingerprint density at radius 1 is 1.27 bits per heavy atom. The largest absolute Gasteiger partial charge is 0.481 e. The average Bonchev–Trinajstić information content (AvgIpc) is 2.46. The van der Waals surface area contributed by atoms with Crippen LogP contribution < -0.4 is 0 Å². The SMILES string of the molecule is O=C(O)C1CCCN(C(=O)C2(c3cccc(F)c3)CCC2)C1. The van der Waals surface area contributed by atoms with E-state index in [2.05, 4.69) is 0 Å². The quantitative estimate of drug-likeness (QED) is 0.933. The lowest BCUT2D eigenvalue weighted by Gasteiger charge is -2.45. The number of carbonyl (C=O) groups is 2. The molecule has 1 aromatic rings. The first kappa shape index (κ1) is 15.0. The van der Waals surface area contributed by atoms with Gasteiger partial charge in [0.2, 0.25) is 5.91 Å². The zero-order chi connectivity index (χ0) is 15.7. The molecule has 0 spiro atoms. The van der Waals surface area contributed by atoms with Gasteiger partial charge < -0.3 is 10.0 Å². The molecule has 2 aliphatic rings. The van der Waals surface area contributed by atoms with Crippen molar-refractivity contribution in [1.82, 2.24) is 4.90 Å². The number of aliphatic carboxylic acids is 1. The molecular formula is C17H20FNO3. The third-order valence-corrected chi connectivity index (χ3v) is 5.05. The highest BCUT2D eigenvalue weighted by molar-refractivity contribution is 5.89. The first-order valence-corrected chi connectivity index (χ1v) is 7.81. The fraction of sp³-hybridized carbons (Fsp3) is 0.529. The standard InChI is InChI=1S/C17H20FNO3/c18-14-6-1-5-13(10-14)17(7-3-8-17)16(22)19-9-2-4-12(11-19)15(20)21/h1,5-6,10,12H,2-4,7-9,11H2,(H,20,21). The van der Waals surface area contributed by atoms with E-state index in [1.807, 2.05) is 0 Å². The van der Waals surface area contributed by atoms with Crippen molar-refractivity contribution in [2.24, 2.45) is 5.92 Å². The summed E-state index contributed by atoms with van der Waals surface area (Å²) in [6.45, 7) is 0.866. The smallest absolute Gasteiger partial charge is 0.308 e. The van der Waals surface area contributed by atoms with Gasteiger partial charge in [0, 0.05) is 13.1 Å². The second-order valence-electron chi connectivity index (χ2n) is 6.37. The highest BCUT2D eigenvalue weighted by Gasteiger charge is 2.48. The molecule has 0 radical (unpaired) electrons. The molecular weight excluding hydrogens is 285 g/mol. The van der Waals surface area contributed by atoms with Gasteiger partial charge in [-0.25, -0.2) is 4.39 Å². The van der Waals surface area contributed by atoms with Crippen molar-refractivity contribution >= 4 is 11.9 Å². The van der Waals surface area contributed by atoms with Crippen LogP contribution >= 0.6 is 0 Å². The van der Waals surface area contributed by atoms with Crippen LogP contribution in [-0.2, 0) is 15.0 Å². The summed E-state index contributed by atoms with van der Waals surface area (Å²) in [5, 5.41) is 9.18. The number of piperidine rings is 1. The molecule has 5 heteroatoms. The molecule has 1 heterocycles. The van der Waals surface area contributed by atoms with E-state index >= 15 is 0 Å². The van der Waals surface area contributed by atoms with Crippen LogP contribution in [0.3, 0.4) is 0 Å². The molecule has 1 atom stereocenters. The van der Waals surface area contributed by atoms with Gasteiger partial charge in [0.25, 0.3) is 0 Å². The molecule has 2 fully saturated rings. The Hall–Kier alpha value is -1.91. The molecule has 1 aromatic carbocycles. The molecule has 1 amide bonds. The van der Waals surface area contributed by atoms with Gasteiger partial charge in [0.15, 0.2) is 0 Å². The predicted molar refractivity (Wildman–Crippen MR) is 78.9 cm³/mol. The fourth-order valence-corrected chi connectivity index (χ4v) is 3.61. The van der Waals surface area contributed by atoms with E-state index in [9.17, 15) is 19.1 Å². The summed E-state index contributed by atoms with van der Waals surface area (Å²) in [4.78, 5) is 25.8. The topological polar surface area (TPSA) is 57.6 Å². The third-order valence-electron chi connectivity index (χ3n) is 5.05. The molecule has 1 saturated heterocycles. The normalized spacial score (nSPS) is 23.7. The summed E-state index contributed by atoms with van der Waals surface area (Å²) in [5.41, 5.74) is 0.0730. The Kier molecular flexibility index (Phi) is 3.89. The molecule has 1 unspecified atom stereocenters. The van der Waals surface area contributed by atoms with Gasteiger partial charge in [-0.3, -0.25) is 9.59 Å². The van der Waals surface area contributed by atoms with Gasteiger partial charge in [0.1, 0.15) is 5.82 Å². The van der Waals surface area contributed by atoms with E-state index in [1.54, 1.807) is 17.0 Å². The number of halogens is 1. The summed E-state index contributed by atoms with van der Waals surface area (Å²) in [7, 11) is 0. The highest BCUT2D eigenvalue weighted by Crippen LogP contribution is 2.45. The van der Waals surface area contributed by atoms with Crippen LogP contribution in [0.4, 0.5) is 4.39 Å². The van der Waals surface area contributed by atoms with E-state index in [-0.39, 0.29) is 18.3 Å². The maximum atomic E-state index is 13.5. The zero-order valence-electron chi connectivity index (χ0n) is 12.4. The van der Waals surface area contributed by atoms with Crippen molar-refractivity contribution in [2.75, 3.05) is 13.1 Å². The van der Waals surface area contributed by atoms with Crippen molar-refractivity contribution in [3.8, 4) is 0 Å². The van der Waals surface area contributed by atoms with E-state index in [0.717, 1.165) is 12.0 Å². The average molecular weight is 305 g/mol. The molecule has 1 aliphatic heterocycles. The fourth-order valence-electron chi connectivity index (χ4n) is 3.61. The summed E-state index contributed by atoms with van der Waals surface area (Å²) < 4.78 is 13.5. The number of carboxylic acid groups (broad SMARTS) is 1. The van der Waals surface area contributed by atoms with Crippen LogP contribution in [0.25, 0.3) is 0 Å². The summed E-state index contributed by atoms with van der Waals surface area (Å²) in [6.07, 6.45) is 3.69. The van der Waals surface area contributed by atoms with Crippen molar-refractivity contribution in [3.63, 3.8) is 0 Å². The first-order valence-electron chi connectivity index (χ1n) is 7.81. The van der Waals surface area contributed by atoms with Gasteiger partial charge in [-0.05, 0) is 43.4 Å². The number of benzene rings is 1. The molecule has 1 aliphatic carbocycles. The van der Waals surface area contributed by atoms with Gasteiger partial charge in [0.05, 0.1) is 11.3 Å². The second-order valence-corrected chi connectivity index (χ2v) is 6.37. The molecule has 118 valence electrons. The minimum absolute atomic E-state index is 0.0321. The Labute approximate surface area is 128 Å². The zero-order valence-corrected chi connectivity index (χ0v) is 12.4. The van der Waals surface area contributed by atoms with E-state index in [0.29, 0.717) is 32.2 Å². The first-order chi connectivity index (χ1) is 10.5. The number of hydrogen-bond acceptors (Lipinski definition) is 2. The maximum Gasteiger partial charge on any atom is 0.308 e. The number of carboxylic acids is 1. The molecule has 1 saturated carbocycles. The number of amides is 1. The lowest BCUT2D eigenvalue weighted by Crippen LogP contribution is -2.54.